The van der Waals surface area contributed by atoms with Crippen molar-refractivity contribution in [3.05, 3.63) is 57.0 Å². The summed E-state index contributed by atoms with van der Waals surface area (Å²) in [4.78, 5) is 24.9. The summed E-state index contributed by atoms with van der Waals surface area (Å²) in [6, 6.07) is 8.85. The zero-order valence-corrected chi connectivity index (χ0v) is 18.4. The van der Waals surface area contributed by atoms with Gasteiger partial charge in [0, 0.05) is 20.6 Å². The van der Waals surface area contributed by atoms with Gasteiger partial charge in [0.1, 0.15) is 6.04 Å². The molecule has 2 rings (SSSR count). The van der Waals surface area contributed by atoms with Crippen molar-refractivity contribution in [1.82, 2.24) is 10.7 Å². The van der Waals surface area contributed by atoms with Gasteiger partial charge < -0.3 is 15.2 Å². The van der Waals surface area contributed by atoms with Gasteiger partial charge in [-0.25, -0.2) is 5.43 Å². The van der Waals surface area contributed by atoms with E-state index in [0.29, 0.717) is 20.6 Å². The third-order valence-electron chi connectivity index (χ3n) is 3.99. The number of nitrogens with zero attached hydrogens (tertiary/aromatic N) is 1. The lowest BCUT2D eigenvalue weighted by Gasteiger charge is -2.20. The van der Waals surface area contributed by atoms with E-state index >= 15 is 0 Å². The van der Waals surface area contributed by atoms with Crippen LogP contribution in [0.25, 0.3) is 0 Å². The Morgan fingerprint density at radius 2 is 2.00 bits per heavy atom. The molecule has 1 unspecified atom stereocenters. The number of nitrogens with one attached hydrogen (secondary N) is 2. The molecule has 0 saturated heterocycles. The second-order valence-corrected chi connectivity index (χ2v) is 7.84. The van der Waals surface area contributed by atoms with Crippen LogP contribution in [0.2, 0.25) is 5.02 Å². The van der Waals surface area contributed by atoms with E-state index in [2.05, 4.69) is 31.8 Å². The van der Waals surface area contributed by atoms with Gasteiger partial charge in [-0.1, -0.05) is 47.4 Å². The van der Waals surface area contributed by atoms with Gasteiger partial charge >= 0.3 is 0 Å². The average molecular weight is 483 g/mol. The summed E-state index contributed by atoms with van der Waals surface area (Å²) in [7, 11) is 1.43. The van der Waals surface area contributed by atoms with Crippen LogP contribution in [-0.4, -0.2) is 36.3 Å². The number of hydrazone groups is 1. The van der Waals surface area contributed by atoms with Crippen LogP contribution < -0.4 is 15.5 Å². The number of rotatable bonds is 7. The molecule has 0 fully saturated rings. The largest absolute Gasteiger partial charge is 0.504 e. The van der Waals surface area contributed by atoms with Crippen LogP contribution in [0.3, 0.4) is 0 Å². The van der Waals surface area contributed by atoms with Gasteiger partial charge in [-0.3, -0.25) is 9.59 Å². The molecule has 0 radical (unpaired) electrons. The van der Waals surface area contributed by atoms with Crippen molar-refractivity contribution in [1.29, 1.82) is 0 Å². The Balaban J connectivity index is 2.09. The third-order valence-corrected chi connectivity index (χ3v) is 4.68. The van der Waals surface area contributed by atoms with E-state index in [1.807, 2.05) is 0 Å². The summed E-state index contributed by atoms with van der Waals surface area (Å²) in [6.07, 6.45) is 1.29. The second kappa shape index (κ2) is 10.3. The topological polar surface area (TPSA) is 100 Å². The number of hydrogen-bond acceptors (Lipinski definition) is 5. The monoisotopic (exact) mass is 481 g/mol. The second-order valence-electron chi connectivity index (χ2n) is 6.49. The van der Waals surface area contributed by atoms with Crippen molar-refractivity contribution in [3.63, 3.8) is 0 Å². The molecule has 29 heavy (non-hydrogen) atoms. The summed E-state index contributed by atoms with van der Waals surface area (Å²) in [5.74, 6) is -0.940. The normalized spacial score (nSPS) is 12.1. The number of halogens is 2. The summed E-state index contributed by atoms with van der Waals surface area (Å²) in [5, 5.41) is 17.1. The number of aromatic hydroxyl groups is 1. The molecule has 0 aromatic heterocycles. The number of carbonyl (C=O) groups is 2. The van der Waals surface area contributed by atoms with E-state index in [4.69, 9.17) is 16.3 Å². The molecule has 2 aromatic carbocycles. The zero-order valence-electron chi connectivity index (χ0n) is 16.1. The van der Waals surface area contributed by atoms with Crippen molar-refractivity contribution >= 4 is 45.6 Å². The van der Waals surface area contributed by atoms with E-state index in [1.54, 1.807) is 44.2 Å². The van der Waals surface area contributed by atoms with E-state index in [9.17, 15) is 14.7 Å². The molecule has 154 valence electrons. The number of methoxy groups -OCH3 is 1. The SMILES string of the molecule is COc1cc(Br)cc(C=NNC(=O)C(NC(=O)c2cccc(Cl)c2)C(C)C)c1O. The average Bonchev–Trinajstić information content (AvgIpc) is 2.67. The Labute approximate surface area is 182 Å². The third kappa shape index (κ3) is 6.20. The van der Waals surface area contributed by atoms with E-state index in [1.165, 1.54) is 19.4 Å². The molecule has 1 atom stereocenters. The summed E-state index contributed by atoms with van der Waals surface area (Å²) in [5.41, 5.74) is 3.09. The number of benzene rings is 2. The highest BCUT2D eigenvalue weighted by Gasteiger charge is 2.24. The van der Waals surface area contributed by atoms with Crippen LogP contribution in [0, 0.1) is 5.92 Å². The lowest BCUT2D eigenvalue weighted by atomic mass is 10.0. The smallest absolute Gasteiger partial charge is 0.262 e. The van der Waals surface area contributed by atoms with Crippen LogP contribution in [0.1, 0.15) is 29.8 Å². The van der Waals surface area contributed by atoms with Gasteiger partial charge in [0.25, 0.3) is 11.8 Å². The fourth-order valence-electron chi connectivity index (χ4n) is 2.47. The molecule has 0 saturated carbocycles. The van der Waals surface area contributed by atoms with Crippen LogP contribution in [0.4, 0.5) is 0 Å². The number of phenolic OH excluding ortho intramolecular Hbond substituents is 1. The van der Waals surface area contributed by atoms with Gasteiger partial charge in [-0.15, -0.1) is 0 Å². The minimum absolute atomic E-state index is 0.108. The number of hydrogen-bond donors (Lipinski definition) is 3. The first-order chi connectivity index (χ1) is 13.7. The molecule has 0 aliphatic heterocycles. The van der Waals surface area contributed by atoms with Crippen molar-refractivity contribution in [2.24, 2.45) is 11.0 Å². The highest BCUT2D eigenvalue weighted by molar-refractivity contribution is 9.10. The van der Waals surface area contributed by atoms with Crippen LogP contribution in [0.5, 0.6) is 11.5 Å². The lowest BCUT2D eigenvalue weighted by Crippen LogP contribution is -2.48. The summed E-state index contributed by atoms with van der Waals surface area (Å²) in [6.45, 7) is 3.61. The summed E-state index contributed by atoms with van der Waals surface area (Å²) >= 11 is 9.22. The van der Waals surface area contributed by atoms with Gasteiger partial charge in [-0.05, 0) is 36.2 Å². The Morgan fingerprint density at radius 1 is 1.28 bits per heavy atom. The predicted molar refractivity (Wildman–Crippen MR) is 116 cm³/mol. The van der Waals surface area contributed by atoms with E-state index in [0.717, 1.165) is 0 Å². The van der Waals surface area contributed by atoms with Gasteiger partial charge in [0.15, 0.2) is 11.5 Å². The number of carbonyl (C=O) groups excluding carboxylic acids is 2. The standard InChI is InChI=1S/C20H21BrClN3O4/c1-11(2)17(24-19(27)12-5-4-6-15(22)8-12)20(28)25-23-10-13-7-14(21)9-16(29-3)18(13)26/h4-11,17,26H,1-3H3,(H,24,27)(H,25,28). The van der Waals surface area contributed by atoms with Crippen molar-refractivity contribution in [2.75, 3.05) is 7.11 Å². The molecular formula is C20H21BrClN3O4. The Morgan fingerprint density at radius 3 is 2.62 bits per heavy atom. The first-order valence-corrected chi connectivity index (χ1v) is 9.86. The van der Waals surface area contributed by atoms with Gasteiger partial charge in [0.05, 0.1) is 13.3 Å². The van der Waals surface area contributed by atoms with Crippen LogP contribution in [-0.2, 0) is 4.79 Å². The molecular weight excluding hydrogens is 462 g/mol. The predicted octanol–water partition coefficient (Wildman–Crippen LogP) is 3.72. The van der Waals surface area contributed by atoms with E-state index < -0.39 is 17.9 Å². The highest BCUT2D eigenvalue weighted by Crippen LogP contribution is 2.32. The highest BCUT2D eigenvalue weighted by atomic mass is 79.9. The van der Waals surface area contributed by atoms with Gasteiger partial charge in [0.2, 0.25) is 0 Å². The van der Waals surface area contributed by atoms with Crippen molar-refractivity contribution in [3.8, 4) is 11.5 Å². The molecule has 9 heteroatoms. The Bertz CT molecular complexity index is 934. The maximum absolute atomic E-state index is 12.5. The van der Waals surface area contributed by atoms with Crippen LogP contribution in [0.15, 0.2) is 46.0 Å². The number of phenols is 1. The zero-order chi connectivity index (χ0) is 21.6. The minimum atomic E-state index is -0.815. The Hall–Kier alpha value is -2.58. The quantitative estimate of drug-likeness (QED) is 0.414. The minimum Gasteiger partial charge on any atom is -0.504 e. The maximum Gasteiger partial charge on any atom is 0.262 e. The molecule has 2 aromatic rings. The molecule has 0 heterocycles. The number of ether oxygens (including phenoxy) is 1. The lowest BCUT2D eigenvalue weighted by molar-refractivity contribution is -0.123. The Kier molecular flexibility index (Phi) is 8.04. The molecule has 0 aliphatic rings. The number of amides is 2. The van der Waals surface area contributed by atoms with Crippen molar-refractivity contribution in [2.45, 2.75) is 19.9 Å². The molecule has 2 amide bonds. The van der Waals surface area contributed by atoms with Crippen molar-refractivity contribution < 1.29 is 19.4 Å². The first kappa shape index (κ1) is 22.7. The molecule has 0 aliphatic carbocycles. The maximum atomic E-state index is 12.5. The molecule has 0 spiro atoms. The first-order valence-electron chi connectivity index (χ1n) is 8.68. The molecule has 3 N–H and O–H groups in total. The summed E-state index contributed by atoms with van der Waals surface area (Å²) < 4.78 is 5.75. The molecule has 0 bridgehead atoms. The van der Waals surface area contributed by atoms with Crippen LogP contribution >= 0.6 is 27.5 Å². The fourth-order valence-corrected chi connectivity index (χ4v) is 3.12. The molecule has 7 nitrogen and oxygen atoms in total. The van der Waals surface area contributed by atoms with E-state index in [-0.39, 0.29) is 17.4 Å². The fraction of sp³-hybridized carbons (Fsp3) is 0.250. The van der Waals surface area contributed by atoms with Gasteiger partial charge in [-0.2, -0.15) is 5.10 Å².